The van der Waals surface area contributed by atoms with Crippen molar-refractivity contribution in [2.45, 2.75) is 20.3 Å². The average molecular weight is 360 g/mol. The molecule has 0 saturated carbocycles. The third-order valence-electron chi connectivity index (χ3n) is 3.11. The number of hydrogen-bond donors (Lipinski definition) is 1. The first-order chi connectivity index (χ1) is 11.7. The molecule has 0 bridgehead atoms. The molecule has 0 saturated heterocycles. The summed E-state index contributed by atoms with van der Waals surface area (Å²) in [7, 11) is 1.21. The highest BCUT2D eigenvalue weighted by atomic mass is 19.2. The fourth-order valence-corrected chi connectivity index (χ4v) is 1.90. The summed E-state index contributed by atoms with van der Waals surface area (Å²) in [5, 5.41) is 21.2. The van der Waals surface area contributed by atoms with E-state index in [1.165, 1.54) is 7.05 Å². The third kappa shape index (κ3) is 3.95. The van der Waals surface area contributed by atoms with Crippen molar-refractivity contribution in [3.05, 3.63) is 44.3 Å². The second-order valence-electron chi connectivity index (χ2n) is 4.83. The summed E-state index contributed by atoms with van der Waals surface area (Å²) in [5.41, 5.74) is -4.52. The summed E-state index contributed by atoms with van der Waals surface area (Å²) in [6.45, 7) is 2.47. The van der Waals surface area contributed by atoms with Gasteiger partial charge in [-0.2, -0.15) is 4.39 Å². The Labute approximate surface area is 140 Å². The van der Waals surface area contributed by atoms with Gasteiger partial charge >= 0.3 is 11.7 Å². The van der Waals surface area contributed by atoms with E-state index in [1.54, 1.807) is 6.92 Å². The molecule has 0 aliphatic heterocycles. The molecule has 10 heteroatoms. The lowest BCUT2D eigenvalue weighted by molar-refractivity contribution is -0.388. The van der Waals surface area contributed by atoms with Gasteiger partial charge in [0.15, 0.2) is 5.82 Å². The molecule has 0 spiro atoms. The Morgan fingerprint density at radius 1 is 1.32 bits per heavy atom. The van der Waals surface area contributed by atoms with Gasteiger partial charge in [0.2, 0.25) is 5.82 Å². The molecule has 0 aliphatic rings. The monoisotopic (exact) mass is 360 g/mol. The standard InChI is InChI=1S/C15H15F3N2O5/c1-4-5-25-15(22)8(6-19-3)14(21)9-10(16)7(2)11(17)12(18)13(9)20(23)24/h6,21H,4-5H2,1-3H3/b14-8+,19-6?. The van der Waals surface area contributed by atoms with E-state index in [0.717, 1.165) is 13.1 Å². The van der Waals surface area contributed by atoms with Crippen molar-refractivity contribution in [1.29, 1.82) is 0 Å². The van der Waals surface area contributed by atoms with E-state index in [4.69, 9.17) is 4.74 Å². The minimum absolute atomic E-state index is 0.0471. The van der Waals surface area contributed by atoms with Crippen LogP contribution in [0.25, 0.3) is 5.76 Å². The van der Waals surface area contributed by atoms with E-state index in [0.29, 0.717) is 6.42 Å². The molecule has 0 unspecified atom stereocenters. The molecule has 25 heavy (non-hydrogen) atoms. The lowest BCUT2D eigenvalue weighted by atomic mass is 10.0. The van der Waals surface area contributed by atoms with Gasteiger partial charge in [-0.25, -0.2) is 13.6 Å². The molecule has 0 heterocycles. The van der Waals surface area contributed by atoms with Gasteiger partial charge < -0.3 is 9.84 Å². The van der Waals surface area contributed by atoms with E-state index in [2.05, 4.69) is 4.99 Å². The Bertz CT molecular complexity index is 775. The van der Waals surface area contributed by atoms with Gasteiger partial charge in [-0.3, -0.25) is 15.1 Å². The number of benzene rings is 1. The molecule has 1 rings (SSSR count). The number of rotatable bonds is 6. The van der Waals surface area contributed by atoms with Crippen molar-refractivity contribution in [2.75, 3.05) is 13.7 Å². The minimum atomic E-state index is -1.96. The van der Waals surface area contributed by atoms with Crippen LogP contribution in [0, 0.1) is 34.5 Å². The molecule has 0 aromatic heterocycles. The fraction of sp³-hybridized carbons (Fsp3) is 0.333. The molecule has 1 aromatic rings. The number of aliphatic hydroxyl groups is 1. The molecular weight excluding hydrogens is 345 g/mol. The Morgan fingerprint density at radius 3 is 2.40 bits per heavy atom. The zero-order valence-corrected chi connectivity index (χ0v) is 13.6. The van der Waals surface area contributed by atoms with Crippen LogP contribution in [0.4, 0.5) is 18.9 Å². The first-order valence-corrected chi connectivity index (χ1v) is 7.03. The summed E-state index contributed by atoms with van der Waals surface area (Å²) in [4.78, 5) is 25.1. The van der Waals surface area contributed by atoms with Gasteiger partial charge in [0.1, 0.15) is 22.7 Å². The van der Waals surface area contributed by atoms with Crippen molar-refractivity contribution in [3.8, 4) is 0 Å². The number of carbonyl (C=O) groups excluding carboxylic acids is 1. The molecule has 1 aromatic carbocycles. The molecule has 0 aliphatic carbocycles. The SMILES string of the molecule is CCCOC(=O)/C(C=NC)=C(/O)c1c(F)c(C)c(F)c(F)c1[N+](=O)[O-]. The largest absolute Gasteiger partial charge is 0.506 e. The van der Waals surface area contributed by atoms with Gasteiger partial charge in [-0.05, 0) is 13.3 Å². The summed E-state index contributed by atoms with van der Waals surface area (Å²) in [5.74, 6) is -7.73. The smallest absolute Gasteiger partial charge is 0.343 e. The first kappa shape index (κ1) is 20.1. The molecule has 136 valence electrons. The maximum atomic E-state index is 14.3. The summed E-state index contributed by atoms with van der Waals surface area (Å²) in [6.07, 6.45) is 1.20. The van der Waals surface area contributed by atoms with Gasteiger partial charge in [0, 0.05) is 18.8 Å². The van der Waals surface area contributed by atoms with Crippen LogP contribution in [0.15, 0.2) is 10.6 Å². The van der Waals surface area contributed by atoms with E-state index < -0.39 is 56.5 Å². The number of carbonyl (C=O) groups is 1. The Hall–Kier alpha value is -2.91. The first-order valence-electron chi connectivity index (χ1n) is 7.03. The second-order valence-corrected chi connectivity index (χ2v) is 4.83. The van der Waals surface area contributed by atoms with E-state index in [1.807, 2.05) is 0 Å². The van der Waals surface area contributed by atoms with Crippen molar-refractivity contribution in [3.63, 3.8) is 0 Å². The molecule has 0 atom stereocenters. The van der Waals surface area contributed by atoms with Gasteiger partial charge in [-0.15, -0.1) is 0 Å². The predicted molar refractivity (Wildman–Crippen MR) is 82.9 cm³/mol. The highest BCUT2D eigenvalue weighted by Crippen LogP contribution is 2.35. The lowest BCUT2D eigenvalue weighted by Crippen LogP contribution is -2.14. The molecular formula is C15H15F3N2O5. The maximum Gasteiger partial charge on any atom is 0.343 e. The number of halogens is 3. The second kappa shape index (κ2) is 8.27. The number of nitrogens with zero attached hydrogens (tertiary/aromatic N) is 2. The predicted octanol–water partition coefficient (Wildman–Crippen LogP) is 3.24. The van der Waals surface area contributed by atoms with Crippen LogP contribution >= 0.6 is 0 Å². The highest BCUT2D eigenvalue weighted by molar-refractivity contribution is 6.15. The summed E-state index contributed by atoms with van der Waals surface area (Å²) < 4.78 is 46.6. The third-order valence-corrected chi connectivity index (χ3v) is 3.11. The van der Waals surface area contributed by atoms with Gasteiger partial charge in [0.25, 0.3) is 0 Å². The van der Waals surface area contributed by atoms with E-state index >= 15 is 0 Å². The lowest BCUT2D eigenvalue weighted by Gasteiger charge is -2.11. The van der Waals surface area contributed by atoms with Crippen LogP contribution in [0.1, 0.15) is 24.5 Å². The van der Waals surface area contributed by atoms with Gasteiger partial charge in [-0.1, -0.05) is 6.92 Å². The molecule has 1 N–H and O–H groups in total. The number of hydrogen-bond acceptors (Lipinski definition) is 6. The van der Waals surface area contributed by atoms with Crippen molar-refractivity contribution in [2.24, 2.45) is 4.99 Å². The fourth-order valence-electron chi connectivity index (χ4n) is 1.90. The van der Waals surface area contributed by atoms with Crippen molar-refractivity contribution in [1.82, 2.24) is 0 Å². The average Bonchev–Trinajstić information content (AvgIpc) is 2.57. The maximum absolute atomic E-state index is 14.3. The van der Waals surface area contributed by atoms with Gasteiger partial charge in [0.05, 0.1) is 11.5 Å². The van der Waals surface area contributed by atoms with Crippen LogP contribution in [-0.4, -0.2) is 35.9 Å². The summed E-state index contributed by atoms with van der Waals surface area (Å²) >= 11 is 0. The number of nitro groups is 1. The number of aliphatic imine (C=N–C) groups is 1. The molecule has 0 amide bonds. The van der Waals surface area contributed by atoms with Crippen LogP contribution < -0.4 is 0 Å². The zero-order valence-electron chi connectivity index (χ0n) is 13.6. The zero-order chi connectivity index (χ0) is 19.3. The number of ether oxygens (including phenoxy) is 1. The molecule has 0 fully saturated rings. The van der Waals surface area contributed by atoms with Crippen LogP contribution in [0.5, 0.6) is 0 Å². The topological polar surface area (TPSA) is 102 Å². The highest BCUT2D eigenvalue weighted by Gasteiger charge is 2.35. The Balaban J connectivity index is 3.81. The quantitative estimate of drug-likeness (QED) is 0.160. The minimum Gasteiger partial charge on any atom is -0.506 e. The Morgan fingerprint density at radius 2 is 1.92 bits per heavy atom. The number of aliphatic hydroxyl groups excluding tert-OH is 1. The number of esters is 1. The van der Waals surface area contributed by atoms with Crippen LogP contribution in [0.3, 0.4) is 0 Å². The molecule has 7 nitrogen and oxygen atoms in total. The van der Waals surface area contributed by atoms with E-state index in [-0.39, 0.29) is 6.61 Å². The Kier molecular flexibility index (Phi) is 6.66. The van der Waals surface area contributed by atoms with Crippen LogP contribution in [0.2, 0.25) is 0 Å². The van der Waals surface area contributed by atoms with Crippen molar-refractivity contribution < 1.29 is 32.7 Å². The molecule has 0 radical (unpaired) electrons. The normalized spacial score (nSPS) is 12.2. The van der Waals surface area contributed by atoms with Crippen LogP contribution in [-0.2, 0) is 9.53 Å². The van der Waals surface area contributed by atoms with E-state index in [9.17, 15) is 33.2 Å². The summed E-state index contributed by atoms with van der Waals surface area (Å²) in [6, 6.07) is 0. The number of nitro benzene ring substituents is 1. The van der Waals surface area contributed by atoms with Crippen molar-refractivity contribution >= 4 is 23.6 Å².